The summed E-state index contributed by atoms with van der Waals surface area (Å²) in [5.74, 6) is 0. The zero-order valence-corrected chi connectivity index (χ0v) is 8.54. The van der Waals surface area contributed by atoms with Crippen LogP contribution in [-0.2, 0) is 7.05 Å². The normalized spacial score (nSPS) is 11.3. The first-order chi connectivity index (χ1) is 6.24. The summed E-state index contributed by atoms with van der Waals surface area (Å²) in [6.45, 7) is 6.05. The second kappa shape index (κ2) is 4.82. The summed E-state index contributed by atoms with van der Waals surface area (Å²) in [6.07, 6.45) is 6.25. The van der Waals surface area contributed by atoms with Crippen LogP contribution in [0.1, 0.15) is 18.2 Å². The molecule has 0 amide bonds. The van der Waals surface area contributed by atoms with Gasteiger partial charge in [-0.2, -0.15) is 5.10 Å². The lowest BCUT2D eigenvalue weighted by molar-refractivity contribution is 0.756. The molecule has 1 N–H and O–H groups in total. The molecular formula is C10H17N3. The van der Waals surface area contributed by atoms with Crippen LogP contribution in [0.4, 0.5) is 0 Å². The summed E-state index contributed by atoms with van der Waals surface area (Å²) in [5.41, 5.74) is 2.27. The molecule has 0 radical (unpaired) electrons. The summed E-state index contributed by atoms with van der Waals surface area (Å²) in [7, 11) is 1.94. The Balaban J connectivity index is 2.53. The van der Waals surface area contributed by atoms with E-state index in [-0.39, 0.29) is 0 Å². The van der Waals surface area contributed by atoms with Crippen molar-refractivity contribution in [1.29, 1.82) is 0 Å². The van der Waals surface area contributed by atoms with Crippen LogP contribution < -0.4 is 5.32 Å². The smallest absolute Gasteiger partial charge is 0.0665 e. The molecule has 0 saturated carbocycles. The lowest BCUT2D eigenvalue weighted by atomic mass is 10.2. The van der Waals surface area contributed by atoms with Crippen LogP contribution in [0.15, 0.2) is 12.3 Å². The van der Waals surface area contributed by atoms with Crippen molar-refractivity contribution in [3.8, 4) is 0 Å². The fourth-order valence-electron chi connectivity index (χ4n) is 1.20. The molecule has 0 spiro atoms. The molecule has 1 aromatic heterocycles. The highest BCUT2D eigenvalue weighted by molar-refractivity contribution is 5.50. The topological polar surface area (TPSA) is 29.9 Å². The molecule has 0 aliphatic carbocycles. The molecule has 13 heavy (non-hydrogen) atoms. The second-order valence-corrected chi connectivity index (χ2v) is 3.05. The third-order valence-corrected chi connectivity index (χ3v) is 1.86. The average Bonchev–Trinajstić information content (AvgIpc) is 2.39. The first-order valence-corrected chi connectivity index (χ1v) is 4.61. The summed E-state index contributed by atoms with van der Waals surface area (Å²) in [4.78, 5) is 0. The minimum Gasteiger partial charge on any atom is -0.314 e. The molecule has 0 aromatic carbocycles. The number of nitrogens with zero attached hydrogens (tertiary/aromatic N) is 2. The second-order valence-electron chi connectivity index (χ2n) is 3.05. The van der Waals surface area contributed by atoms with Crippen molar-refractivity contribution < 1.29 is 0 Å². The molecule has 1 aromatic rings. The number of nitrogens with one attached hydrogen (secondary N) is 1. The van der Waals surface area contributed by atoms with E-state index < -0.39 is 0 Å². The summed E-state index contributed by atoms with van der Waals surface area (Å²) in [6, 6.07) is 0. The molecular weight excluding hydrogens is 162 g/mol. The maximum Gasteiger partial charge on any atom is 0.0665 e. The Labute approximate surface area is 79.5 Å². The van der Waals surface area contributed by atoms with Gasteiger partial charge in [-0.1, -0.05) is 19.1 Å². The fraction of sp³-hybridized carbons (Fsp3) is 0.500. The van der Waals surface area contributed by atoms with Crippen LogP contribution in [0.5, 0.6) is 0 Å². The summed E-state index contributed by atoms with van der Waals surface area (Å²) >= 11 is 0. The minimum absolute atomic E-state index is 0.921. The predicted octanol–water partition coefficient (Wildman–Crippen LogP) is 1.35. The quantitative estimate of drug-likeness (QED) is 0.707. The van der Waals surface area contributed by atoms with Gasteiger partial charge in [0, 0.05) is 25.4 Å². The van der Waals surface area contributed by atoms with E-state index >= 15 is 0 Å². The van der Waals surface area contributed by atoms with E-state index in [1.54, 1.807) is 0 Å². The monoisotopic (exact) mass is 179 g/mol. The van der Waals surface area contributed by atoms with Gasteiger partial charge in [-0.05, 0) is 13.5 Å². The predicted molar refractivity (Wildman–Crippen MR) is 55.5 cm³/mol. The lowest BCUT2D eigenvalue weighted by Gasteiger charge is -1.92. The zero-order chi connectivity index (χ0) is 9.68. The largest absolute Gasteiger partial charge is 0.314 e. The van der Waals surface area contributed by atoms with Gasteiger partial charge < -0.3 is 5.32 Å². The van der Waals surface area contributed by atoms with Crippen molar-refractivity contribution in [3.05, 3.63) is 23.5 Å². The van der Waals surface area contributed by atoms with Gasteiger partial charge in [0.25, 0.3) is 0 Å². The maximum absolute atomic E-state index is 4.25. The molecule has 0 aliphatic heterocycles. The van der Waals surface area contributed by atoms with Crippen LogP contribution in [0, 0.1) is 6.92 Å². The molecule has 3 nitrogen and oxygen atoms in total. The Morgan fingerprint density at radius 1 is 1.62 bits per heavy atom. The Hall–Kier alpha value is -1.09. The molecule has 0 fully saturated rings. The minimum atomic E-state index is 0.921. The molecule has 72 valence electrons. The van der Waals surface area contributed by atoms with Crippen LogP contribution in [0.3, 0.4) is 0 Å². The van der Waals surface area contributed by atoms with Crippen molar-refractivity contribution in [1.82, 2.24) is 15.1 Å². The van der Waals surface area contributed by atoms with Crippen molar-refractivity contribution in [2.45, 2.75) is 13.8 Å². The van der Waals surface area contributed by atoms with Crippen LogP contribution in [0.25, 0.3) is 6.08 Å². The molecule has 0 bridgehead atoms. The summed E-state index contributed by atoms with van der Waals surface area (Å²) in [5, 5.41) is 7.49. The highest BCUT2D eigenvalue weighted by Gasteiger charge is 1.96. The number of hydrogen-bond donors (Lipinski definition) is 1. The van der Waals surface area contributed by atoms with E-state index in [0.29, 0.717) is 0 Å². The molecule has 0 atom stereocenters. The van der Waals surface area contributed by atoms with Gasteiger partial charge in [0.1, 0.15) is 0 Å². The van der Waals surface area contributed by atoms with Crippen LogP contribution in [-0.4, -0.2) is 22.9 Å². The molecule has 1 heterocycles. The van der Waals surface area contributed by atoms with E-state index in [2.05, 4.69) is 29.5 Å². The van der Waals surface area contributed by atoms with E-state index in [9.17, 15) is 0 Å². The third kappa shape index (κ3) is 3.03. The standard InChI is InChI=1S/C10H17N3/c1-4-11-7-5-6-10-8-13(3)12-9(10)2/h5-6,8,11H,4,7H2,1-3H3/b6-5+. The Kier molecular flexibility index (Phi) is 3.71. The van der Waals surface area contributed by atoms with Gasteiger partial charge in [-0.25, -0.2) is 0 Å². The van der Waals surface area contributed by atoms with Crippen LogP contribution >= 0.6 is 0 Å². The third-order valence-electron chi connectivity index (χ3n) is 1.86. The van der Waals surface area contributed by atoms with Gasteiger partial charge in [-0.3, -0.25) is 4.68 Å². The van der Waals surface area contributed by atoms with E-state index in [0.717, 1.165) is 18.8 Å². The number of aryl methyl sites for hydroxylation is 2. The highest BCUT2D eigenvalue weighted by Crippen LogP contribution is 2.05. The van der Waals surface area contributed by atoms with Gasteiger partial charge in [-0.15, -0.1) is 0 Å². The zero-order valence-electron chi connectivity index (χ0n) is 8.54. The first kappa shape index (κ1) is 9.99. The number of hydrogen-bond acceptors (Lipinski definition) is 2. The molecule has 1 rings (SSSR count). The maximum atomic E-state index is 4.25. The Morgan fingerprint density at radius 2 is 2.38 bits per heavy atom. The average molecular weight is 179 g/mol. The highest BCUT2D eigenvalue weighted by atomic mass is 15.2. The molecule has 3 heteroatoms. The van der Waals surface area contributed by atoms with Crippen molar-refractivity contribution in [2.24, 2.45) is 7.05 Å². The number of rotatable bonds is 4. The molecule has 0 aliphatic rings. The first-order valence-electron chi connectivity index (χ1n) is 4.61. The van der Waals surface area contributed by atoms with Gasteiger partial charge in [0.05, 0.1) is 5.69 Å². The SMILES string of the molecule is CCNC/C=C/c1cn(C)nc1C. The van der Waals surface area contributed by atoms with E-state index in [1.165, 1.54) is 5.56 Å². The van der Waals surface area contributed by atoms with Crippen molar-refractivity contribution in [2.75, 3.05) is 13.1 Å². The van der Waals surface area contributed by atoms with Crippen molar-refractivity contribution >= 4 is 6.08 Å². The molecule has 0 unspecified atom stereocenters. The molecule has 0 saturated heterocycles. The van der Waals surface area contributed by atoms with E-state index in [4.69, 9.17) is 0 Å². The van der Waals surface area contributed by atoms with Gasteiger partial charge in [0.15, 0.2) is 0 Å². The fourth-order valence-corrected chi connectivity index (χ4v) is 1.20. The Morgan fingerprint density at radius 3 is 2.92 bits per heavy atom. The number of aromatic nitrogens is 2. The van der Waals surface area contributed by atoms with Crippen molar-refractivity contribution in [3.63, 3.8) is 0 Å². The van der Waals surface area contributed by atoms with Crippen LogP contribution in [0.2, 0.25) is 0 Å². The number of likely N-dealkylation sites (N-methyl/N-ethyl adjacent to an activating group) is 1. The van der Waals surface area contributed by atoms with Gasteiger partial charge >= 0.3 is 0 Å². The summed E-state index contributed by atoms with van der Waals surface area (Å²) < 4.78 is 1.84. The lowest BCUT2D eigenvalue weighted by Crippen LogP contribution is -2.11. The van der Waals surface area contributed by atoms with E-state index in [1.807, 2.05) is 24.9 Å². The van der Waals surface area contributed by atoms with Gasteiger partial charge in [0.2, 0.25) is 0 Å². The Bertz CT molecular complexity index is 286.